The number of carbonyl (C=O) groups is 1. The van der Waals surface area contributed by atoms with Crippen molar-refractivity contribution >= 4 is 16.9 Å². The van der Waals surface area contributed by atoms with Crippen molar-refractivity contribution in [2.75, 3.05) is 0 Å². The zero-order chi connectivity index (χ0) is 20.5. The molecule has 0 spiro atoms. The lowest BCUT2D eigenvalue weighted by Gasteiger charge is -2.10. The highest BCUT2D eigenvalue weighted by molar-refractivity contribution is 6.08. The molecule has 0 aliphatic rings. The fourth-order valence-corrected chi connectivity index (χ4v) is 3.70. The molecule has 0 unspecified atom stereocenters. The lowest BCUT2D eigenvalue weighted by Crippen LogP contribution is -2.14. The molecule has 0 atom stereocenters. The van der Waals surface area contributed by atoms with Crippen LogP contribution in [0.5, 0.6) is 0 Å². The quantitative estimate of drug-likeness (QED) is 0.529. The molecule has 0 radical (unpaired) electrons. The van der Waals surface area contributed by atoms with Gasteiger partial charge in [-0.05, 0) is 42.3 Å². The van der Waals surface area contributed by atoms with Gasteiger partial charge in [0.25, 0.3) is 5.56 Å². The van der Waals surface area contributed by atoms with Crippen LogP contribution in [0.15, 0.2) is 65.6 Å². The van der Waals surface area contributed by atoms with E-state index in [2.05, 4.69) is 4.98 Å². The van der Waals surface area contributed by atoms with Crippen molar-refractivity contribution in [3.05, 3.63) is 93.8 Å². The Labute approximate surface area is 166 Å². The maximum absolute atomic E-state index is 14.3. The molecular weight excluding hydrogens is 371 g/mol. The Bertz CT molecular complexity index is 1290. The Hall–Kier alpha value is -3.67. The molecule has 5 nitrogen and oxygen atoms in total. The second-order valence-corrected chi connectivity index (χ2v) is 6.82. The van der Waals surface area contributed by atoms with Crippen LogP contribution in [0.2, 0.25) is 0 Å². The molecule has 2 aromatic heterocycles. The van der Waals surface area contributed by atoms with Gasteiger partial charge in [-0.15, -0.1) is 0 Å². The van der Waals surface area contributed by atoms with Crippen LogP contribution in [0.3, 0.4) is 0 Å². The van der Waals surface area contributed by atoms with Crippen molar-refractivity contribution in [1.29, 1.82) is 0 Å². The van der Waals surface area contributed by atoms with Crippen LogP contribution in [0, 0.1) is 5.82 Å². The highest BCUT2D eigenvalue weighted by atomic mass is 19.1. The fourth-order valence-electron chi connectivity index (χ4n) is 3.70. The van der Waals surface area contributed by atoms with E-state index in [0.29, 0.717) is 22.0 Å². The zero-order valence-electron chi connectivity index (χ0n) is 15.8. The summed E-state index contributed by atoms with van der Waals surface area (Å²) in [4.78, 5) is 27.4. The molecule has 29 heavy (non-hydrogen) atoms. The van der Waals surface area contributed by atoms with E-state index in [1.165, 1.54) is 12.3 Å². The molecule has 0 saturated carbocycles. The molecule has 2 heterocycles. The van der Waals surface area contributed by atoms with Crippen molar-refractivity contribution in [3.8, 4) is 11.1 Å². The van der Waals surface area contributed by atoms with Crippen LogP contribution in [-0.2, 0) is 13.0 Å². The molecule has 0 aliphatic carbocycles. The van der Waals surface area contributed by atoms with Crippen LogP contribution in [0.25, 0.3) is 22.0 Å². The van der Waals surface area contributed by atoms with Crippen LogP contribution >= 0.6 is 0 Å². The Morgan fingerprint density at radius 3 is 2.62 bits per heavy atom. The van der Waals surface area contributed by atoms with E-state index in [9.17, 15) is 19.1 Å². The number of aryl methyl sites for hydroxylation is 1. The van der Waals surface area contributed by atoms with Crippen LogP contribution in [-0.4, -0.2) is 20.6 Å². The SMILES string of the molecule is CCc1ccc2c(c1)c(-c1ccc[nH]c1=O)c(C(=O)O)n2Cc1ccccc1F. The minimum atomic E-state index is -1.17. The molecule has 0 saturated heterocycles. The third-order valence-corrected chi connectivity index (χ3v) is 5.11. The van der Waals surface area contributed by atoms with Gasteiger partial charge in [0.15, 0.2) is 0 Å². The third kappa shape index (κ3) is 3.23. The molecule has 4 aromatic rings. The summed E-state index contributed by atoms with van der Waals surface area (Å²) in [6, 6.07) is 15.2. The Morgan fingerprint density at radius 1 is 1.14 bits per heavy atom. The monoisotopic (exact) mass is 390 g/mol. The average molecular weight is 390 g/mol. The minimum absolute atomic E-state index is 0.0341. The van der Waals surface area contributed by atoms with E-state index in [0.717, 1.165) is 12.0 Å². The van der Waals surface area contributed by atoms with E-state index >= 15 is 0 Å². The second kappa shape index (κ2) is 7.39. The Morgan fingerprint density at radius 2 is 1.93 bits per heavy atom. The van der Waals surface area contributed by atoms with E-state index < -0.39 is 11.8 Å². The number of aromatic nitrogens is 2. The van der Waals surface area contributed by atoms with Gasteiger partial charge in [0.05, 0.1) is 6.54 Å². The fraction of sp³-hybridized carbons (Fsp3) is 0.130. The van der Waals surface area contributed by atoms with Crippen molar-refractivity contribution < 1.29 is 14.3 Å². The molecule has 0 bridgehead atoms. The number of hydrogen-bond acceptors (Lipinski definition) is 2. The first-order chi connectivity index (χ1) is 14.0. The minimum Gasteiger partial charge on any atom is -0.477 e. The van der Waals surface area contributed by atoms with Gasteiger partial charge < -0.3 is 14.7 Å². The highest BCUT2D eigenvalue weighted by Crippen LogP contribution is 2.35. The van der Waals surface area contributed by atoms with Gasteiger partial charge in [-0.25, -0.2) is 9.18 Å². The van der Waals surface area contributed by atoms with Crippen molar-refractivity contribution in [2.45, 2.75) is 19.9 Å². The van der Waals surface area contributed by atoms with Crippen molar-refractivity contribution in [3.63, 3.8) is 0 Å². The van der Waals surface area contributed by atoms with Gasteiger partial charge in [0.2, 0.25) is 0 Å². The summed E-state index contributed by atoms with van der Waals surface area (Å²) in [6.07, 6.45) is 2.27. The lowest BCUT2D eigenvalue weighted by molar-refractivity contribution is 0.0687. The number of fused-ring (bicyclic) bond motifs is 1. The predicted molar refractivity (Wildman–Crippen MR) is 110 cm³/mol. The number of aromatic amines is 1. The first-order valence-corrected chi connectivity index (χ1v) is 9.31. The molecule has 2 N–H and O–H groups in total. The summed E-state index contributed by atoms with van der Waals surface area (Å²) in [5.41, 5.74) is 2.25. The smallest absolute Gasteiger partial charge is 0.353 e. The first kappa shape index (κ1) is 18.7. The third-order valence-electron chi connectivity index (χ3n) is 5.11. The second-order valence-electron chi connectivity index (χ2n) is 6.82. The largest absolute Gasteiger partial charge is 0.477 e. The summed E-state index contributed by atoms with van der Waals surface area (Å²) in [5.74, 6) is -1.58. The van der Waals surface area contributed by atoms with Gasteiger partial charge in [-0.1, -0.05) is 31.2 Å². The number of aromatic carboxylic acids is 1. The number of hydrogen-bond donors (Lipinski definition) is 2. The maximum Gasteiger partial charge on any atom is 0.353 e. The molecule has 0 aliphatic heterocycles. The molecule has 6 heteroatoms. The van der Waals surface area contributed by atoms with Crippen molar-refractivity contribution in [1.82, 2.24) is 9.55 Å². The van der Waals surface area contributed by atoms with E-state index in [-0.39, 0.29) is 23.4 Å². The number of benzene rings is 2. The maximum atomic E-state index is 14.3. The number of H-pyrrole nitrogens is 1. The number of carboxylic acid groups (broad SMARTS) is 1. The Balaban J connectivity index is 2.09. The Kier molecular flexibility index (Phi) is 4.76. The summed E-state index contributed by atoms with van der Waals surface area (Å²) in [6.45, 7) is 2.05. The van der Waals surface area contributed by atoms with Crippen LogP contribution in [0.4, 0.5) is 4.39 Å². The number of pyridine rings is 1. The lowest BCUT2D eigenvalue weighted by atomic mass is 10.0. The topological polar surface area (TPSA) is 75.1 Å². The van der Waals surface area contributed by atoms with E-state index in [1.54, 1.807) is 34.9 Å². The molecule has 4 rings (SSSR count). The summed E-state index contributed by atoms with van der Waals surface area (Å²) in [5, 5.41) is 10.7. The predicted octanol–water partition coefficient (Wildman–Crippen LogP) is 4.44. The standard InChI is InChI=1S/C23H19FN2O3/c1-2-14-9-10-19-17(12-14)20(16-7-5-11-25-22(16)27)21(23(28)29)26(19)13-15-6-3-4-8-18(15)24/h3-12H,2,13H2,1H3,(H,25,27)(H,28,29). The van der Waals surface area contributed by atoms with Crippen LogP contribution in [0.1, 0.15) is 28.5 Å². The van der Waals surface area contributed by atoms with Gasteiger partial charge >= 0.3 is 5.97 Å². The molecule has 0 amide bonds. The molecule has 146 valence electrons. The molecular formula is C23H19FN2O3. The van der Waals surface area contributed by atoms with E-state index in [1.807, 2.05) is 25.1 Å². The van der Waals surface area contributed by atoms with E-state index in [4.69, 9.17) is 0 Å². The first-order valence-electron chi connectivity index (χ1n) is 9.31. The summed E-state index contributed by atoms with van der Waals surface area (Å²) in [7, 11) is 0. The number of carboxylic acids is 1. The van der Waals surface area contributed by atoms with Crippen molar-refractivity contribution in [2.24, 2.45) is 0 Å². The normalized spacial score (nSPS) is 11.1. The number of nitrogens with one attached hydrogen (secondary N) is 1. The van der Waals surface area contributed by atoms with Gasteiger partial charge in [-0.3, -0.25) is 4.79 Å². The number of rotatable bonds is 5. The van der Waals surface area contributed by atoms with Gasteiger partial charge in [-0.2, -0.15) is 0 Å². The molecule has 0 fully saturated rings. The molecule has 2 aromatic carbocycles. The highest BCUT2D eigenvalue weighted by Gasteiger charge is 2.25. The average Bonchev–Trinajstić information content (AvgIpc) is 3.03. The number of halogens is 1. The number of nitrogens with zero attached hydrogens (tertiary/aromatic N) is 1. The van der Waals surface area contributed by atoms with Gasteiger partial charge in [0.1, 0.15) is 11.5 Å². The van der Waals surface area contributed by atoms with Crippen LogP contribution < -0.4 is 5.56 Å². The summed E-state index contributed by atoms with van der Waals surface area (Å²) >= 11 is 0. The van der Waals surface area contributed by atoms with Gasteiger partial charge in [0, 0.05) is 33.8 Å². The summed E-state index contributed by atoms with van der Waals surface area (Å²) < 4.78 is 15.9. The zero-order valence-corrected chi connectivity index (χ0v) is 15.8.